The van der Waals surface area contributed by atoms with Crippen molar-refractivity contribution < 1.29 is 9.59 Å². The molecule has 0 fully saturated rings. The minimum absolute atomic E-state index is 0.0340. The topological polar surface area (TPSA) is 75.4 Å². The van der Waals surface area contributed by atoms with E-state index in [9.17, 15) is 9.59 Å². The van der Waals surface area contributed by atoms with Crippen LogP contribution in [0.5, 0.6) is 0 Å². The Balaban J connectivity index is 2.04. The first-order chi connectivity index (χ1) is 11.1. The van der Waals surface area contributed by atoms with E-state index in [1.165, 1.54) is 0 Å². The van der Waals surface area contributed by atoms with Crippen LogP contribution < -0.4 is 16.0 Å². The van der Waals surface area contributed by atoms with E-state index in [2.05, 4.69) is 5.32 Å². The smallest absolute Gasteiger partial charge is 0.255 e. The van der Waals surface area contributed by atoms with E-state index in [-0.39, 0.29) is 12.5 Å². The molecule has 1 heterocycles. The summed E-state index contributed by atoms with van der Waals surface area (Å²) in [7, 11) is 0. The lowest BCUT2D eigenvalue weighted by molar-refractivity contribution is -0.116. The average molecular weight is 327 g/mol. The van der Waals surface area contributed by atoms with Crippen LogP contribution in [0.15, 0.2) is 53.4 Å². The summed E-state index contributed by atoms with van der Waals surface area (Å²) in [5.74, 6) is -0.595. The number of benzene rings is 2. The van der Waals surface area contributed by atoms with Crippen molar-refractivity contribution in [2.24, 2.45) is 5.73 Å². The molecule has 1 aliphatic rings. The third kappa shape index (κ3) is 3.03. The predicted molar refractivity (Wildman–Crippen MR) is 91.4 cm³/mol. The molecule has 2 aromatic rings. The zero-order valence-corrected chi connectivity index (χ0v) is 13.5. The number of rotatable bonds is 4. The molecule has 0 spiro atoms. The van der Waals surface area contributed by atoms with Gasteiger partial charge in [0.15, 0.2) is 0 Å². The number of para-hydroxylation sites is 1. The second-order valence-electron chi connectivity index (χ2n) is 5.26. The number of nitrogens with two attached hydrogens (primary N) is 1. The highest BCUT2D eigenvalue weighted by Gasteiger charge is 2.32. The molecule has 118 valence electrons. The van der Waals surface area contributed by atoms with Gasteiger partial charge in [0, 0.05) is 4.90 Å². The van der Waals surface area contributed by atoms with Gasteiger partial charge in [0.25, 0.3) is 5.91 Å². The van der Waals surface area contributed by atoms with Crippen LogP contribution in [-0.4, -0.2) is 24.6 Å². The molecule has 0 bridgehead atoms. The van der Waals surface area contributed by atoms with Gasteiger partial charge in [-0.15, -0.1) is 11.8 Å². The molecule has 1 aliphatic heterocycles. The molecule has 2 aromatic carbocycles. The maximum Gasteiger partial charge on any atom is 0.255 e. The van der Waals surface area contributed by atoms with Gasteiger partial charge in [0.05, 0.1) is 17.8 Å². The van der Waals surface area contributed by atoms with Crippen LogP contribution in [0.3, 0.4) is 0 Å². The van der Waals surface area contributed by atoms with Gasteiger partial charge >= 0.3 is 0 Å². The second kappa shape index (κ2) is 6.34. The molecule has 0 saturated heterocycles. The van der Waals surface area contributed by atoms with E-state index >= 15 is 0 Å². The summed E-state index contributed by atoms with van der Waals surface area (Å²) in [4.78, 5) is 26.8. The number of nitrogens with zero attached hydrogens (tertiary/aromatic N) is 1. The summed E-state index contributed by atoms with van der Waals surface area (Å²) in [6, 6.07) is 15.1. The van der Waals surface area contributed by atoms with Crippen molar-refractivity contribution in [2.75, 3.05) is 17.7 Å². The molecule has 3 rings (SSSR count). The molecule has 0 saturated carbocycles. The zero-order valence-electron chi connectivity index (χ0n) is 12.7. The third-order valence-electron chi connectivity index (χ3n) is 3.80. The van der Waals surface area contributed by atoms with Crippen LogP contribution in [0.2, 0.25) is 0 Å². The van der Waals surface area contributed by atoms with Gasteiger partial charge in [-0.2, -0.15) is 0 Å². The van der Waals surface area contributed by atoms with Gasteiger partial charge in [0.1, 0.15) is 6.17 Å². The summed E-state index contributed by atoms with van der Waals surface area (Å²) in [6.07, 6.45) is 1.59. The highest BCUT2D eigenvalue weighted by molar-refractivity contribution is 7.98. The second-order valence-corrected chi connectivity index (χ2v) is 6.14. The Morgan fingerprint density at radius 2 is 1.91 bits per heavy atom. The number of primary amides is 1. The summed E-state index contributed by atoms with van der Waals surface area (Å²) >= 11 is 1.65. The van der Waals surface area contributed by atoms with Crippen LogP contribution >= 0.6 is 11.8 Å². The van der Waals surface area contributed by atoms with Gasteiger partial charge in [0.2, 0.25) is 5.91 Å². The number of hydrogen-bond acceptors (Lipinski definition) is 4. The molecule has 0 aromatic heterocycles. The molecule has 5 nitrogen and oxygen atoms in total. The molecule has 3 N–H and O–H groups in total. The van der Waals surface area contributed by atoms with Gasteiger partial charge in [-0.25, -0.2) is 0 Å². The maximum absolute atomic E-state index is 12.4. The fourth-order valence-corrected chi connectivity index (χ4v) is 3.14. The van der Waals surface area contributed by atoms with Gasteiger partial charge < -0.3 is 16.0 Å². The summed E-state index contributed by atoms with van der Waals surface area (Å²) in [5.41, 5.74) is 7.58. The highest BCUT2D eigenvalue weighted by Crippen LogP contribution is 2.33. The number of hydrogen-bond donors (Lipinski definition) is 2. The van der Waals surface area contributed by atoms with Crippen LogP contribution in [0, 0.1) is 0 Å². The molecule has 0 aliphatic carbocycles. The molecule has 1 atom stereocenters. The Morgan fingerprint density at radius 1 is 1.22 bits per heavy atom. The van der Waals surface area contributed by atoms with Gasteiger partial charge in [-0.3, -0.25) is 9.59 Å². The van der Waals surface area contributed by atoms with E-state index in [1.807, 2.05) is 47.6 Å². The third-order valence-corrected chi connectivity index (χ3v) is 4.54. The maximum atomic E-state index is 12.4. The lowest BCUT2D eigenvalue weighted by Crippen LogP contribution is -2.49. The number of anilines is 1. The van der Waals surface area contributed by atoms with Crippen molar-refractivity contribution in [3.05, 3.63) is 59.7 Å². The van der Waals surface area contributed by atoms with Crippen LogP contribution in [-0.2, 0) is 4.79 Å². The summed E-state index contributed by atoms with van der Waals surface area (Å²) in [6.45, 7) is 0.0340. The normalized spacial score (nSPS) is 16.7. The Morgan fingerprint density at radius 3 is 2.57 bits per heavy atom. The van der Waals surface area contributed by atoms with Crippen LogP contribution in [0.25, 0.3) is 0 Å². The predicted octanol–water partition coefficient (Wildman–Crippen LogP) is 2.14. The minimum atomic E-state index is -0.443. The van der Waals surface area contributed by atoms with Crippen LogP contribution in [0.4, 0.5) is 5.69 Å². The fraction of sp³-hybridized carbons (Fsp3) is 0.176. The van der Waals surface area contributed by atoms with Crippen LogP contribution in [0.1, 0.15) is 22.1 Å². The summed E-state index contributed by atoms with van der Waals surface area (Å²) < 4.78 is 0. The van der Waals surface area contributed by atoms with E-state index < -0.39 is 12.1 Å². The van der Waals surface area contributed by atoms with E-state index in [1.54, 1.807) is 23.9 Å². The lowest BCUT2D eigenvalue weighted by atomic mass is 10.0. The fourth-order valence-electron chi connectivity index (χ4n) is 2.73. The minimum Gasteiger partial charge on any atom is -0.368 e. The van der Waals surface area contributed by atoms with Crippen molar-refractivity contribution in [3.8, 4) is 0 Å². The molecular weight excluding hydrogens is 310 g/mol. The SMILES string of the molecule is CSc1ccc(C2NC(=O)c3ccccc3N2CC(N)=O)cc1. The molecule has 23 heavy (non-hydrogen) atoms. The molecule has 0 radical (unpaired) electrons. The molecule has 2 amide bonds. The Labute approximate surface area is 138 Å². The molecule has 6 heteroatoms. The quantitative estimate of drug-likeness (QED) is 0.844. The monoisotopic (exact) mass is 327 g/mol. The van der Waals surface area contributed by atoms with E-state index in [0.29, 0.717) is 11.3 Å². The summed E-state index contributed by atoms with van der Waals surface area (Å²) in [5, 5.41) is 2.95. The van der Waals surface area contributed by atoms with Crippen molar-refractivity contribution in [1.29, 1.82) is 0 Å². The van der Waals surface area contributed by atoms with E-state index in [0.717, 1.165) is 10.5 Å². The van der Waals surface area contributed by atoms with Crippen molar-refractivity contribution in [1.82, 2.24) is 5.32 Å². The largest absolute Gasteiger partial charge is 0.368 e. The highest BCUT2D eigenvalue weighted by atomic mass is 32.2. The first-order valence-corrected chi connectivity index (χ1v) is 8.41. The van der Waals surface area contributed by atoms with Gasteiger partial charge in [-0.1, -0.05) is 24.3 Å². The number of amides is 2. The van der Waals surface area contributed by atoms with E-state index in [4.69, 9.17) is 5.73 Å². The van der Waals surface area contributed by atoms with Crippen molar-refractivity contribution >= 4 is 29.3 Å². The first kappa shape index (κ1) is 15.4. The molecule has 1 unspecified atom stereocenters. The average Bonchev–Trinajstić information content (AvgIpc) is 2.57. The lowest BCUT2D eigenvalue weighted by Gasteiger charge is -2.38. The molecular formula is C17H17N3O2S. The Kier molecular flexibility index (Phi) is 4.25. The van der Waals surface area contributed by atoms with Gasteiger partial charge in [-0.05, 0) is 36.1 Å². The number of fused-ring (bicyclic) bond motifs is 1. The standard InChI is InChI=1S/C17H17N3O2S/c1-23-12-8-6-11(7-9-12)16-19-17(22)13-4-2-3-5-14(13)20(16)10-15(18)21/h2-9,16H,10H2,1H3,(H2,18,21)(H,19,22). The zero-order chi connectivity index (χ0) is 16.4. The number of carbonyl (C=O) groups excluding carboxylic acids is 2. The first-order valence-electron chi connectivity index (χ1n) is 7.19. The Bertz CT molecular complexity index is 746. The Hall–Kier alpha value is -2.47. The number of nitrogens with one attached hydrogen (secondary N) is 1. The van der Waals surface area contributed by atoms with Crippen molar-refractivity contribution in [2.45, 2.75) is 11.1 Å². The number of carbonyl (C=O) groups is 2. The number of thioether (sulfide) groups is 1. The van der Waals surface area contributed by atoms with Crippen molar-refractivity contribution in [3.63, 3.8) is 0 Å².